The quantitative estimate of drug-likeness (QED) is 0.768. The molecule has 3 aliphatic rings. The third-order valence-corrected chi connectivity index (χ3v) is 7.21. The van der Waals surface area contributed by atoms with Gasteiger partial charge < -0.3 is 4.90 Å². The molecule has 4 heterocycles. The van der Waals surface area contributed by atoms with Gasteiger partial charge in [0.1, 0.15) is 5.82 Å². The van der Waals surface area contributed by atoms with Crippen LogP contribution in [-0.2, 0) is 6.42 Å². The van der Waals surface area contributed by atoms with Crippen LogP contribution in [0.2, 0.25) is 0 Å². The van der Waals surface area contributed by atoms with Gasteiger partial charge in [-0.3, -0.25) is 9.69 Å². The molecule has 1 amide bonds. The molecule has 0 radical (unpaired) electrons. The highest BCUT2D eigenvalue weighted by Crippen LogP contribution is 2.42. The number of rotatable bonds is 3. The average molecular weight is 411 g/mol. The number of fused-ring (bicyclic) bond motifs is 4. The molecule has 1 aromatic heterocycles. The van der Waals surface area contributed by atoms with Gasteiger partial charge in [0, 0.05) is 31.2 Å². The molecule has 0 aliphatic carbocycles. The first kappa shape index (κ1) is 19.6. The normalized spacial score (nSPS) is 28.8. The first-order valence-corrected chi connectivity index (χ1v) is 11.0. The van der Waals surface area contributed by atoms with Gasteiger partial charge in [-0.15, -0.1) is 0 Å². The van der Waals surface area contributed by atoms with Gasteiger partial charge in [0.2, 0.25) is 0 Å². The smallest absolute Gasteiger partial charge is 0.275 e. The van der Waals surface area contributed by atoms with Gasteiger partial charge in [0.15, 0.2) is 11.5 Å². The second-order valence-corrected chi connectivity index (χ2v) is 9.01. The molecule has 0 spiro atoms. The number of hydrogen-bond acceptors (Lipinski definition) is 3. The lowest BCUT2D eigenvalue weighted by atomic mass is 9.71. The van der Waals surface area contributed by atoms with Crippen molar-refractivity contribution in [2.45, 2.75) is 44.2 Å². The van der Waals surface area contributed by atoms with Crippen molar-refractivity contribution in [3.8, 4) is 0 Å². The lowest BCUT2D eigenvalue weighted by Crippen LogP contribution is -2.64. The first-order valence-electron chi connectivity index (χ1n) is 11.0. The van der Waals surface area contributed by atoms with Crippen LogP contribution in [0.15, 0.2) is 42.6 Å². The fourth-order valence-corrected chi connectivity index (χ4v) is 5.93. The predicted octanol–water partition coefficient (Wildman–Crippen LogP) is 3.92. The molecule has 2 aromatic rings. The fourth-order valence-electron chi connectivity index (χ4n) is 5.93. The van der Waals surface area contributed by atoms with Gasteiger partial charge in [-0.05, 0) is 49.6 Å². The zero-order valence-electron chi connectivity index (χ0n) is 17.0. The Kier molecular flexibility index (Phi) is 5.27. The number of benzene rings is 1. The molecule has 6 heteroatoms. The number of pyridine rings is 1. The van der Waals surface area contributed by atoms with E-state index < -0.39 is 17.5 Å². The first-order chi connectivity index (χ1) is 14.6. The second-order valence-electron chi connectivity index (χ2n) is 9.01. The molecule has 3 saturated heterocycles. The monoisotopic (exact) mass is 411 g/mol. The molecule has 4 nitrogen and oxygen atoms in total. The highest BCUT2D eigenvalue weighted by atomic mass is 19.1. The summed E-state index contributed by atoms with van der Waals surface area (Å²) >= 11 is 0. The summed E-state index contributed by atoms with van der Waals surface area (Å²) in [5.41, 5.74) is 1.05. The molecule has 158 valence electrons. The van der Waals surface area contributed by atoms with Gasteiger partial charge in [0.25, 0.3) is 5.91 Å². The summed E-state index contributed by atoms with van der Waals surface area (Å²) in [5.74, 6) is -1.30. The molecular formula is C24H27F2N3O. The standard InChI is InChI=1S/C24H27F2N3O/c25-19-12-20(26)23(27-13-19)24(30)28-14-17-11-18(15-28)22(10-16-6-2-1-3-7-16)29-9-5-4-8-21(17)29/h1-3,6-7,12-13,17-18,21-22H,4-5,8-11,14-15H2/t17-,18+,21+,22+/m1/s1. The van der Waals surface area contributed by atoms with Gasteiger partial charge >= 0.3 is 0 Å². The Morgan fingerprint density at radius 2 is 1.90 bits per heavy atom. The molecule has 0 N–H and O–H groups in total. The third kappa shape index (κ3) is 3.62. The average Bonchev–Trinajstić information content (AvgIpc) is 2.77. The zero-order valence-corrected chi connectivity index (χ0v) is 17.0. The zero-order chi connectivity index (χ0) is 20.7. The number of amides is 1. The molecule has 4 atom stereocenters. The van der Waals surface area contributed by atoms with Crippen molar-refractivity contribution >= 4 is 5.91 Å². The van der Waals surface area contributed by atoms with Gasteiger partial charge in [-0.2, -0.15) is 0 Å². The molecule has 0 saturated carbocycles. The van der Waals surface area contributed by atoms with Gasteiger partial charge in [0.05, 0.1) is 6.20 Å². The number of hydrogen-bond donors (Lipinski definition) is 0. The Morgan fingerprint density at radius 3 is 2.70 bits per heavy atom. The molecule has 30 heavy (non-hydrogen) atoms. The van der Waals surface area contributed by atoms with Crippen molar-refractivity contribution < 1.29 is 13.6 Å². The van der Waals surface area contributed by atoms with Crippen LogP contribution in [0.3, 0.4) is 0 Å². The molecular weight excluding hydrogens is 384 g/mol. The van der Waals surface area contributed by atoms with Crippen molar-refractivity contribution in [3.63, 3.8) is 0 Å². The Hall–Kier alpha value is -2.34. The van der Waals surface area contributed by atoms with E-state index in [1.807, 2.05) is 6.07 Å². The van der Waals surface area contributed by atoms with E-state index in [0.29, 0.717) is 37.0 Å². The minimum absolute atomic E-state index is 0.267. The largest absolute Gasteiger partial charge is 0.337 e. The number of aromatic nitrogens is 1. The van der Waals surface area contributed by atoms with Crippen LogP contribution in [0, 0.1) is 23.5 Å². The number of likely N-dealkylation sites (tertiary alicyclic amines) is 1. The van der Waals surface area contributed by atoms with E-state index in [0.717, 1.165) is 38.1 Å². The van der Waals surface area contributed by atoms with Crippen molar-refractivity contribution in [2.75, 3.05) is 19.6 Å². The summed E-state index contributed by atoms with van der Waals surface area (Å²) in [4.78, 5) is 21.3. The third-order valence-electron chi connectivity index (χ3n) is 7.21. The van der Waals surface area contributed by atoms with Crippen LogP contribution in [0.5, 0.6) is 0 Å². The highest BCUT2D eigenvalue weighted by Gasteiger charge is 2.48. The van der Waals surface area contributed by atoms with Crippen molar-refractivity contribution in [1.29, 1.82) is 0 Å². The van der Waals surface area contributed by atoms with E-state index in [1.54, 1.807) is 4.90 Å². The van der Waals surface area contributed by atoms with Crippen molar-refractivity contribution in [2.24, 2.45) is 11.8 Å². The van der Waals surface area contributed by atoms with Crippen molar-refractivity contribution in [3.05, 3.63) is 65.5 Å². The Balaban J connectivity index is 1.42. The van der Waals surface area contributed by atoms with Crippen molar-refractivity contribution in [1.82, 2.24) is 14.8 Å². The van der Waals surface area contributed by atoms with Crippen LogP contribution in [0.1, 0.15) is 41.7 Å². The number of nitrogens with zero attached hydrogens (tertiary/aromatic N) is 3. The maximum absolute atomic E-state index is 14.2. The second kappa shape index (κ2) is 8.06. The van der Waals surface area contributed by atoms with E-state index in [4.69, 9.17) is 0 Å². The lowest BCUT2D eigenvalue weighted by Gasteiger charge is -2.57. The van der Waals surface area contributed by atoms with Crippen LogP contribution < -0.4 is 0 Å². The number of piperidine rings is 3. The molecule has 1 aromatic carbocycles. The Labute approximate surface area is 175 Å². The highest BCUT2D eigenvalue weighted by molar-refractivity contribution is 5.92. The van der Waals surface area contributed by atoms with Crippen LogP contribution in [0.25, 0.3) is 0 Å². The summed E-state index contributed by atoms with van der Waals surface area (Å²) in [5, 5.41) is 0. The number of halogens is 2. The fraction of sp³-hybridized carbons (Fsp3) is 0.500. The molecule has 3 fully saturated rings. The Bertz CT molecular complexity index is 922. The maximum Gasteiger partial charge on any atom is 0.275 e. The van der Waals surface area contributed by atoms with E-state index in [1.165, 1.54) is 18.4 Å². The summed E-state index contributed by atoms with van der Waals surface area (Å²) < 4.78 is 27.5. The van der Waals surface area contributed by atoms with Crippen LogP contribution in [0.4, 0.5) is 8.78 Å². The summed E-state index contributed by atoms with van der Waals surface area (Å²) in [6, 6.07) is 12.1. The van der Waals surface area contributed by atoms with Crippen LogP contribution >= 0.6 is 0 Å². The summed E-state index contributed by atoms with van der Waals surface area (Å²) in [6.07, 6.45) is 6.62. The lowest BCUT2D eigenvalue weighted by molar-refractivity contribution is -0.0643. The topological polar surface area (TPSA) is 36.4 Å². The van der Waals surface area contributed by atoms with E-state index in [-0.39, 0.29) is 5.69 Å². The van der Waals surface area contributed by atoms with E-state index in [9.17, 15) is 13.6 Å². The van der Waals surface area contributed by atoms with E-state index >= 15 is 0 Å². The summed E-state index contributed by atoms with van der Waals surface area (Å²) in [7, 11) is 0. The summed E-state index contributed by atoms with van der Waals surface area (Å²) in [6.45, 7) is 2.36. The number of carbonyl (C=O) groups is 1. The molecule has 3 aliphatic heterocycles. The minimum atomic E-state index is -0.879. The molecule has 5 rings (SSSR count). The maximum atomic E-state index is 14.2. The van der Waals surface area contributed by atoms with Crippen LogP contribution in [-0.4, -0.2) is 52.4 Å². The SMILES string of the molecule is O=C(c1ncc(F)cc1F)N1C[C@H]2C[C@@H](C1)[C@H](Cc1ccccc1)N1CCCC[C@@H]21. The molecule has 2 bridgehead atoms. The predicted molar refractivity (Wildman–Crippen MR) is 110 cm³/mol. The Morgan fingerprint density at radius 1 is 1.10 bits per heavy atom. The molecule has 0 unspecified atom stereocenters. The number of carbonyl (C=O) groups excluding carboxylic acids is 1. The van der Waals surface area contributed by atoms with Gasteiger partial charge in [-0.1, -0.05) is 36.8 Å². The van der Waals surface area contributed by atoms with E-state index in [2.05, 4.69) is 34.1 Å². The van der Waals surface area contributed by atoms with Gasteiger partial charge in [-0.25, -0.2) is 13.8 Å². The minimum Gasteiger partial charge on any atom is -0.337 e.